The van der Waals surface area contributed by atoms with Crippen molar-refractivity contribution in [3.8, 4) is 11.5 Å². The van der Waals surface area contributed by atoms with Gasteiger partial charge in [0.15, 0.2) is 5.43 Å². The molecule has 2 aromatic carbocycles. The van der Waals surface area contributed by atoms with Crippen molar-refractivity contribution in [2.24, 2.45) is 15.7 Å². The predicted octanol–water partition coefficient (Wildman–Crippen LogP) is 4.79. The molecule has 33 heavy (non-hydrogen) atoms. The zero-order valence-electron chi connectivity index (χ0n) is 20.1. The number of benzene rings is 2. The third-order valence-electron chi connectivity index (χ3n) is 5.08. The SMILES string of the molecule is CC(N)=NC1=NCCCC1.COc1cccc(OC)c1.Cc1[nH]c2ccccc2c(=O)c1C. The smallest absolute Gasteiger partial charge is 0.192 e. The molecule has 1 aromatic heterocycles. The van der Waals surface area contributed by atoms with Crippen molar-refractivity contribution in [1.82, 2.24) is 4.98 Å². The van der Waals surface area contributed by atoms with E-state index in [1.54, 1.807) is 21.1 Å². The summed E-state index contributed by atoms with van der Waals surface area (Å²) in [6.45, 7) is 6.48. The van der Waals surface area contributed by atoms with Crippen molar-refractivity contribution in [3.05, 3.63) is 70.0 Å². The fraction of sp³-hybridized carbons (Fsp3) is 0.346. The molecule has 1 aliphatic heterocycles. The molecule has 1 aliphatic rings. The van der Waals surface area contributed by atoms with Crippen molar-refractivity contribution in [2.45, 2.75) is 40.0 Å². The average molecular weight is 451 g/mol. The molecule has 0 saturated heterocycles. The highest BCUT2D eigenvalue weighted by Gasteiger charge is 2.03. The van der Waals surface area contributed by atoms with Gasteiger partial charge in [0.05, 0.1) is 20.1 Å². The monoisotopic (exact) mass is 450 g/mol. The Morgan fingerprint density at radius 1 is 1.03 bits per heavy atom. The van der Waals surface area contributed by atoms with Crippen LogP contribution in [0.5, 0.6) is 11.5 Å². The number of aryl methyl sites for hydroxylation is 1. The van der Waals surface area contributed by atoms with Crippen LogP contribution in [0, 0.1) is 13.8 Å². The number of nitrogens with one attached hydrogen (secondary N) is 1. The van der Waals surface area contributed by atoms with Gasteiger partial charge in [0.25, 0.3) is 0 Å². The van der Waals surface area contributed by atoms with Crippen LogP contribution in [-0.4, -0.2) is 37.4 Å². The molecule has 4 rings (SSSR count). The van der Waals surface area contributed by atoms with Crippen LogP contribution in [0.2, 0.25) is 0 Å². The second-order valence-corrected chi connectivity index (χ2v) is 7.64. The number of aromatic amines is 1. The topological polar surface area (TPSA) is 102 Å². The third-order valence-corrected chi connectivity index (χ3v) is 5.08. The lowest BCUT2D eigenvalue weighted by atomic mass is 10.1. The van der Waals surface area contributed by atoms with Crippen molar-refractivity contribution in [2.75, 3.05) is 20.8 Å². The van der Waals surface area contributed by atoms with Gasteiger partial charge in [-0.25, -0.2) is 4.99 Å². The second kappa shape index (κ2) is 13.1. The highest BCUT2D eigenvalue weighted by molar-refractivity contribution is 5.95. The second-order valence-electron chi connectivity index (χ2n) is 7.64. The third kappa shape index (κ3) is 8.11. The molecule has 0 fully saturated rings. The summed E-state index contributed by atoms with van der Waals surface area (Å²) in [4.78, 5) is 23.2. The Balaban J connectivity index is 0.000000178. The highest BCUT2D eigenvalue weighted by atomic mass is 16.5. The number of amidine groups is 2. The van der Waals surface area contributed by atoms with Gasteiger partial charge < -0.3 is 20.2 Å². The summed E-state index contributed by atoms with van der Waals surface area (Å²) in [6.07, 6.45) is 3.40. The molecular weight excluding hydrogens is 416 g/mol. The predicted molar refractivity (Wildman–Crippen MR) is 137 cm³/mol. The van der Waals surface area contributed by atoms with Crippen molar-refractivity contribution in [1.29, 1.82) is 0 Å². The highest BCUT2D eigenvalue weighted by Crippen LogP contribution is 2.17. The number of aliphatic imine (C=N–C) groups is 2. The Morgan fingerprint density at radius 2 is 1.70 bits per heavy atom. The molecule has 7 heteroatoms. The van der Waals surface area contributed by atoms with E-state index in [9.17, 15) is 4.79 Å². The zero-order valence-corrected chi connectivity index (χ0v) is 20.1. The molecule has 3 aromatic rings. The van der Waals surface area contributed by atoms with Crippen molar-refractivity contribution < 1.29 is 9.47 Å². The molecule has 0 amide bonds. The molecule has 0 radical (unpaired) electrons. The lowest BCUT2D eigenvalue weighted by Crippen LogP contribution is -2.11. The van der Waals surface area contributed by atoms with Crippen LogP contribution in [0.3, 0.4) is 0 Å². The number of nitrogens with two attached hydrogens (primary N) is 1. The molecule has 3 N–H and O–H groups in total. The summed E-state index contributed by atoms with van der Waals surface area (Å²) < 4.78 is 9.95. The maximum Gasteiger partial charge on any atom is 0.192 e. The zero-order chi connectivity index (χ0) is 24.2. The standard InChI is InChI=1S/C11H11NO.C8H10O2.C7H13N3/c1-7-8(2)12-10-6-4-3-5-9(10)11(7)13;1-9-7-4-3-5-8(6-7)10-2;1-6(8)10-7-4-2-3-5-9-7/h3-6H,1-2H3,(H,12,13);3-6H,1-2H3;2-5H2,1H3,(H2,8,9,10). The fourth-order valence-corrected chi connectivity index (χ4v) is 3.16. The van der Waals surface area contributed by atoms with Gasteiger partial charge in [-0.05, 0) is 57.9 Å². The number of aromatic nitrogens is 1. The van der Waals surface area contributed by atoms with E-state index in [-0.39, 0.29) is 5.43 Å². The Bertz CT molecular complexity index is 1140. The number of fused-ring (bicyclic) bond motifs is 1. The Hall–Kier alpha value is -3.61. The first-order valence-corrected chi connectivity index (χ1v) is 11.0. The summed E-state index contributed by atoms with van der Waals surface area (Å²) in [5.41, 5.74) is 8.19. The fourth-order valence-electron chi connectivity index (χ4n) is 3.16. The van der Waals surface area contributed by atoms with Gasteiger partial charge in [-0.1, -0.05) is 18.2 Å². The number of pyridine rings is 1. The van der Waals surface area contributed by atoms with Gasteiger partial charge >= 0.3 is 0 Å². The van der Waals surface area contributed by atoms with E-state index in [2.05, 4.69) is 15.0 Å². The van der Waals surface area contributed by atoms with E-state index < -0.39 is 0 Å². The van der Waals surface area contributed by atoms with Gasteiger partial charge in [-0.2, -0.15) is 0 Å². The van der Waals surface area contributed by atoms with Crippen molar-refractivity contribution >= 4 is 22.6 Å². The van der Waals surface area contributed by atoms with Crippen LogP contribution in [0.1, 0.15) is 37.4 Å². The number of methoxy groups -OCH3 is 2. The molecule has 2 heterocycles. The molecular formula is C26H34N4O3. The van der Waals surface area contributed by atoms with Crippen molar-refractivity contribution in [3.63, 3.8) is 0 Å². The number of H-pyrrole nitrogens is 1. The molecule has 0 spiro atoms. The number of hydrogen-bond acceptors (Lipinski definition) is 5. The van der Waals surface area contributed by atoms with Gasteiger partial charge in [-0.15, -0.1) is 0 Å². The van der Waals surface area contributed by atoms with Crippen LogP contribution in [0.4, 0.5) is 0 Å². The molecule has 0 atom stereocenters. The van der Waals surface area contributed by atoms with E-state index in [0.717, 1.165) is 52.5 Å². The summed E-state index contributed by atoms with van der Waals surface area (Å²) in [6, 6.07) is 15.0. The van der Waals surface area contributed by atoms with E-state index in [4.69, 9.17) is 15.2 Å². The van der Waals surface area contributed by atoms with E-state index >= 15 is 0 Å². The molecule has 7 nitrogen and oxygen atoms in total. The molecule has 176 valence electrons. The van der Waals surface area contributed by atoms with Gasteiger partial charge in [-0.3, -0.25) is 9.79 Å². The summed E-state index contributed by atoms with van der Waals surface area (Å²) >= 11 is 0. The van der Waals surface area contributed by atoms with E-state index in [1.807, 2.05) is 62.4 Å². The number of hydrogen-bond donors (Lipinski definition) is 2. The van der Waals surface area contributed by atoms with Gasteiger partial charge in [0.2, 0.25) is 0 Å². The molecule has 0 bridgehead atoms. The van der Waals surface area contributed by atoms with Gasteiger partial charge in [0, 0.05) is 41.2 Å². The Kier molecular flexibility index (Phi) is 10.1. The van der Waals surface area contributed by atoms with Crippen LogP contribution < -0.4 is 20.6 Å². The molecule has 0 saturated carbocycles. The van der Waals surface area contributed by atoms with Crippen LogP contribution in [0.15, 0.2) is 63.3 Å². The number of nitrogens with zero attached hydrogens (tertiary/aromatic N) is 2. The minimum absolute atomic E-state index is 0.131. The average Bonchev–Trinajstić information content (AvgIpc) is 2.84. The number of para-hydroxylation sites is 1. The largest absolute Gasteiger partial charge is 0.497 e. The first kappa shape index (κ1) is 25.6. The maximum atomic E-state index is 11.7. The van der Waals surface area contributed by atoms with Crippen LogP contribution in [-0.2, 0) is 0 Å². The maximum absolute atomic E-state index is 11.7. The van der Waals surface area contributed by atoms with E-state index in [0.29, 0.717) is 5.84 Å². The van der Waals surface area contributed by atoms with Crippen LogP contribution >= 0.6 is 0 Å². The summed E-state index contributed by atoms with van der Waals surface area (Å²) in [5, 5.41) is 0.769. The normalized spacial score (nSPS) is 13.1. The first-order valence-electron chi connectivity index (χ1n) is 11.0. The number of ether oxygens (including phenoxy) is 2. The van der Waals surface area contributed by atoms with E-state index in [1.165, 1.54) is 12.8 Å². The molecule has 0 unspecified atom stereocenters. The minimum atomic E-state index is 0.131. The summed E-state index contributed by atoms with van der Waals surface area (Å²) in [7, 11) is 3.27. The Labute approximate surface area is 195 Å². The first-order chi connectivity index (χ1) is 15.8. The Morgan fingerprint density at radius 3 is 2.27 bits per heavy atom. The lowest BCUT2D eigenvalue weighted by molar-refractivity contribution is 0.394. The quantitative estimate of drug-likeness (QED) is 0.433. The minimum Gasteiger partial charge on any atom is -0.497 e. The van der Waals surface area contributed by atoms with Crippen LogP contribution in [0.25, 0.3) is 10.9 Å². The summed E-state index contributed by atoms with van der Waals surface area (Å²) in [5.74, 6) is 3.17. The van der Waals surface area contributed by atoms with Gasteiger partial charge in [0.1, 0.15) is 17.3 Å². The number of rotatable bonds is 2. The molecule has 0 aliphatic carbocycles. The lowest BCUT2D eigenvalue weighted by Gasteiger charge is -2.06.